The molecule has 3 saturated carbocycles. The minimum Gasteiger partial charge on any atom is -0.480 e. The second kappa shape index (κ2) is 7.91. The average molecular weight is 433 g/mol. The maximum Gasteiger partial charge on any atom is 0.322 e. The summed E-state index contributed by atoms with van der Waals surface area (Å²) in [7, 11) is 0. The van der Waals surface area contributed by atoms with Crippen molar-refractivity contribution in [2.24, 2.45) is 33.7 Å². The largest absolute Gasteiger partial charge is 0.480 e. The minimum absolute atomic E-state index is 0.0437. The average Bonchev–Trinajstić information content (AvgIpc) is 2.96. The van der Waals surface area contributed by atoms with Crippen LogP contribution < -0.4 is 5.32 Å². The van der Waals surface area contributed by atoms with E-state index in [0.29, 0.717) is 17.8 Å². The van der Waals surface area contributed by atoms with Crippen LogP contribution in [0, 0.1) is 28.6 Å². The number of hydrogen-bond acceptors (Lipinski definition) is 5. The van der Waals surface area contributed by atoms with Gasteiger partial charge in [0.1, 0.15) is 6.54 Å². The maximum atomic E-state index is 11.6. The molecule has 7 heteroatoms. The van der Waals surface area contributed by atoms with Crippen molar-refractivity contribution in [3.05, 3.63) is 11.6 Å². The Morgan fingerprint density at radius 2 is 1.87 bits per heavy atom. The van der Waals surface area contributed by atoms with Gasteiger partial charge in [-0.15, -0.1) is 0 Å². The number of carboxylic acids is 1. The summed E-state index contributed by atoms with van der Waals surface area (Å²) >= 11 is 0. The Balaban J connectivity index is 1.43. The van der Waals surface area contributed by atoms with Crippen LogP contribution >= 0.6 is 0 Å². The fourth-order valence-electron chi connectivity index (χ4n) is 7.29. The number of nitrogens with zero attached hydrogens (tertiary/aromatic N) is 1. The predicted octanol–water partition coefficient (Wildman–Crippen LogP) is 3.27. The zero-order chi connectivity index (χ0) is 22.4. The molecule has 4 aliphatic rings. The van der Waals surface area contributed by atoms with E-state index >= 15 is 0 Å². The summed E-state index contributed by atoms with van der Waals surface area (Å²) in [6, 6.07) is 0. The Morgan fingerprint density at radius 1 is 1.13 bits per heavy atom. The number of rotatable bonds is 5. The van der Waals surface area contributed by atoms with E-state index in [1.54, 1.807) is 0 Å². The summed E-state index contributed by atoms with van der Waals surface area (Å²) in [5, 5.41) is 26.1. The number of carboxylic acid groups (broad SMARTS) is 1. The van der Waals surface area contributed by atoms with Crippen molar-refractivity contribution in [2.75, 3.05) is 13.2 Å². The van der Waals surface area contributed by atoms with Crippen molar-refractivity contribution in [2.45, 2.75) is 77.7 Å². The van der Waals surface area contributed by atoms with Crippen LogP contribution in [0.25, 0.3) is 0 Å². The highest BCUT2D eigenvalue weighted by Crippen LogP contribution is 2.67. The van der Waals surface area contributed by atoms with Gasteiger partial charge in [-0.3, -0.25) is 9.59 Å². The first-order valence-electron chi connectivity index (χ1n) is 11.7. The van der Waals surface area contributed by atoms with E-state index in [-0.39, 0.29) is 17.4 Å². The van der Waals surface area contributed by atoms with E-state index in [2.05, 4.69) is 37.3 Å². The van der Waals surface area contributed by atoms with E-state index in [4.69, 9.17) is 9.94 Å². The number of carbonyl (C=O) groups excluding carboxylic acids is 1. The zero-order valence-electron chi connectivity index (χ0n) is 18.9. The number of aliphatic carboxylic acids is 1. The maximum absolute atomic E-state index is 11.6. The fraction of sp³-hybridized carbons (Fsp3) is 0.792. The molecule has 0 heterocycles. The molecule has 0 radical (unpaired) electrons. The van der Waals surface area contributed by atoms with Crippen molar-refractivity contribution in [1.82, 2.24) is 5.32 Å². The predicted molar refractivity (Wildman–Crippen MR) is 116 cm³/mol. The van der Waals surface area contributed by atoms with Crippen molar-refractivity contribution in [3.63, 3.8) is 0 Å². The van der Waals surface area contributed by atoms with Crippen molar-refractivity contribution >= 4 is 17.6 Å². The van der Waals surface area contributed by atoms with Gasteiger partial charge < -0.3 is 20.4 Å². The SMILES string of the molecule is C[C@]12CCC(=NOCC(=O)NCC(=O)O)C=C1CC[C@@H]1C2CC[C@@]2(C)C1CC[C@]2(C)O. The van der Waals surface area contributed by atoms with Gasteiger partial charge in [0.25, 0.3) is 5.91 Å². The number of amides is 1. The second-order valence-corrected chi connectivity index (χ2v) is 10.8. The molecule has 6 atom stereocenters. The summed E-state index contributed by atoms with van der Waals surface area (Å²) < 4.78 is 0. The van der Waals surface area contributed by atoms with Gasteiger partial charge in [-0.25, -0.2) is 0 Å². The van der Waals surface area contributed by atoms with Crippen LogP contribution in [0.5, 0.6) is 0 Å². The van der Waals surface area contributed by atoms with Gasteiger partial charge in [0, 0.05) is 0 Å². The number of fused-ring (bicyclic) bond motifs is 5. The number of allylic oxidation sites excluding steroid dienone is 2. The highest BCUT2D eigenvalue weighted by atomic mass is 16.6. The van der Waals surface area contributed by atoms with Crippen LogP contribution in [0.15, 0.2) is 16.8 Å². The van der Waals surface area contributed by atoms with Gasteiger partial charge in [-0.05, 0) is 93.0 Å². The number of hydrogen-bond donors (Lipinski definition) is 3. The highest BCUT2D eigenvalue weighted by Gasteiger charge is 2.62. The van der Waals surface area contributed by atoms with Crippen molar-refractivity contribution in [1.29, 1.82) is 0 Å². The van der Waals surface area contributed by atoms with E-state index in [1.165, 1.54) is 18.4 Å². The first-order chi connectivity index (χ1) is 14.6. The Bertz CT molecular complexity index is 819. The molecule has 172 valence electrons. The number of nitrogens with one attached hydrogen (secondary N) is 1. The molecule has 4 rings (SSSR count). The summed E-state index contributed by atoms with van der Waals surface area (Å²) in [5.41, 5.74) is 1.99. The Labute approximate surface area is 184 Å². The van der Waals surface area contributed by atoms with E-state index in [1.807, 2.05) is 0 Å². The molecule has 31 heavy (non-hydrogen) atoms. The summed E-state index contributed by atoms with van der Waals surface area (Å²) in [6.45, 7) is 6.10. The molecule has 0 aromatic carbocycles. The number of carbonyl (C=O) groups is 2. The van der Waals surface area contributed by atoms with Crippen LogP contribution in [0.4, 0.5) is 0 Å². The summed E-state index contributed by atoms with van der Waals surface area (Å²) in [6.07, 6.45) is 10.6. The summed E-state index contributed by atoms with van der Waals surface area (Å²) in [5.74, 6) is 0.377. The van der Waals surface area contributed by atoms with Crippen LogP contribution in [-0.4, -0.2) is 46.6 Å². The Morgan fingerprint density at radius 3 is 2.61 bits per heavy atom. The van der Waals surface area contributed by atoms with Gasteiger partial charge in [-0.1, -0.05) is 24.6 Å². The van der Waals surface area contributed by atoms with Crippen molar-refractivity contribution < 1.29 is 24.6 Å². The molecule has 2 unspecified atom stereocenters. The van der Waals surface area contributed by atoms with Crippen LogP contribution in [-0.2, 0) is 14.4 Å². The Kier molecular flexibility index (Phi) is 5.69. The third-order valence-corrected chi connectivity index (χ3v) is 9.35. The lowest BCUT2D eigenvalue weighted by Gasteiger charge is -2.59. The number of aliphatic hydroxyl groups is 1. The third-order valence-electron chi connectivity index (χ3n) is 9.35. The van der Waals surface area contributed by atoms with E-state index in [0.717, 1.165) is 44.2 Å². The molecule has 1 amide bonds. The molecule has 3 fully saturated rings. The molecule has 0 saturated heterocycles. The quantitative estimate of drug-likeness (QED) is 0.578. The molecule has 0 bridgehead atoms. The smallest absolute Gasteiger partial charge is 0.322 e. The van der Waals surface area contributed by atoms with Gasteiger partial charge in [0.05, 0.1) is 11.3 Å². The normalized spacial score (nSPS) is 42.8. The third kappa shape index (κ3) is 3.79. The lowest BCUT2D eigenvalue weighted by atomic mass is 9.46. The highest BCUT2D eigenvalue weighted by molar-refractivity contribution is 5.96. The molecule has 0 aromatic heterocycles. The van der Waals surface area contributed by atoms with Crippen LogP contribution in [0.1, 0.15) is 72.1 Å². The van der Waals surface area contributed by atoms with E-state index < -0.39 is 24.0 Å². The summed E-state index contributed by atoms with van der Waals surface area (Å²) in [4.78, 5) is 27.3. The van der Waals surface area contributed by atoms with Gasteiger partial charge in [-0.2, -0.15) is 0 Å². The van der Waals surface area contributed by atoms with Crippen LogP contribution in [0.2, 0.25) is 0 Å². The minimum atomic E-state index is -1.09. The van der Waals surface area contributed by atoms with E-state index in [9.17, 15) is 14.7 Å². The lowest BCUT2D eigenvalue weighted by Crippen LogP contribution is -2.53. The monoisotopic (exact) mass is 432 g/mol. The first kappa shape index (κ1) is 22.3. The fourth-order valence-corrected chi connectivity index (χ4v) is 7.29. The standard InChI is InChI=1S/C24H36N2O5/c1-22-9-6-16(26-31-14-20(27)25-13-21(28)29)12-15(22)4-5-17-18(22)7-10-23(2)19(17)8-11-24(23,3)30/h12,17-19,30H,4-11,13-14H2,1-3H3,(H,25,27)(H,28,29)/t17-,18?,19?,22+,23+,24+/m1/s1. The Hall–Kier alpha value is -1.89. The molecular weight excluding hydrogens is 396 g/mol. The molecule has 7 nitrogen and oxygen atoms in total. The molecule has 0 aliphatic heterocycles. The lowest BCUT2D eigenvalue weighted by molar-refractivity contribution is -0.138. The number of oxime groups is 1. The van der Waals surface area contributed by atoms with Crippen molar-refractivity contribution in [3.8, 4) is 0 Å². The van der Waals surface area contributed by atoms with Gasteiger partial charge in [0.2, 0.25) is 0 Å². The van der Waals surface area contributed by atoms with Crippen LogP contribution in [0.3, 0.4) is 0 Å². The molecule has 3 N–H and O–H groups in total. The first-order valence-corrected chi connectivity index (χ1v) is 11.7. The second-order valence-electron chi connectivity index (χ2n) is 10.8. The molecular formula is C24H36N2O5. The van der Waals surface area contributed by atoms with Gasteiger partial charge >= 0.3 is 5.97 Å². The molecule has 4 aliphatic carbocycles. The zero-order valence-corrected chi connectivity index (χ0v) is 18.9. The molecule has 0 aromatic rings. The molecule has 0 spiro atoms. The topological polar surface area (TPSA) is 108 Å². The van der Waals surface area contributed by atoms with Gasteiger partial charge in [0.15, 0.2) is 6.61 Å².